The summed E-state index contributed by atoms with van der Waals surface area (Å²) in [5.74, 6) is 0. The van der Waals surface area contributed by atoms with Crippen molar-refractivity contribution in [2.45, 2.75) is 13.8 Å². The summed E-state index contributed by atoms with van der Waals surface area (Å²) in [7, 11) is 0. The van der Waals surface area contributed by atoms with E-state index >= 15 is 0 Å². The molecule has 0 heterocycles. The molecule has 0 saturated heterocycles. The molecule has 0 aliphatic rings. The fourth-order valence-corrected chi connectivity index (χ4v) is 2.49. The average molecular weight is 289 g/mol. The van der Waals surface area contributed by atoms with Crippen LogP contribution in [0.5, 0.6) is 0 Å². The first-order valence-electron chi connectivity index (χ1n) is 7.00. The topological polar surface area (TPSA) is 15.3 Å². The zero-order valence-electron chi connectivity index (χ0n) is 12.1. The maximum absolute atomic E-state index is 5.98. The second-order valence-electron chi connectivity index (χ2n) is 4.80. The minimum atomic E-state index is 0.765. The fourth-order valence-electron chi connectivity index (χ4n) is 2.30. The number of hydrogen-bond acceptors (Lipinski definition) is 2. The van der Waals surface area contributed by atoms with Crippen LogP contribution in [0, 0.1) is 6.92 Å². The first-order chi connectivity index (χ1) is 9.70. The first-order valence-corrected chi connectivity index (χ1v) is 7.38. The molecule has 0 atom stereocenters. The molecule has 2 aromatic carbocycles. The van der Waals surface area contributed by atoms with Crippen LogP contribution in [0.25, 0.3) is 0 Å². The number of nitrogens with one attached hydrogen (secondary N) is 1. The lowest BCUT2D eigenvalue weighted by atomic mass is 10.2. The number of likely N-dealkylation sites (N-methyl/N-ethyl adjacent to an activating group) is 1. The molecule has 0 radical (unpaired) electrons. The van der Waals surface area contributed by atoms with E-state index in [9.17, 15) is 0 Å². The molecule has 2 aromatic rings. The van der Waals surface area contributed by atoms with Crippen LogP contribution < -0.4 is 10.2 Å². The van der Waals surface area contributed by atoms with Crippen LogP contribution in [-0.2, 0) is 0 Å². The van der Waals surface area contributed by atoms with Gasteiger partial charge in [-0.2, -0.15) is 0 Å². The van der Waals surface area contributed by atoms with Crippen LogP contribution in [-0.4, -0.2) is 19.6 Å². The normalized spacial score (nSPS) is 10.3. The molecule has 2 rings (SSSR count). The van der Waals surface area contributed by atoms with Gasteiger partial charge in [-0.15, -0.1) is 0 Å². The van der Waals surface area contributed by atoms with Gasteiger partial charge in [-0.1, -0.05) is 35.9 Å². The Kier molecular flexibility index (Phi) is 5.31. The third-order valence-electron chi connectivity index (χ3n) is 3.37. The lowest BCUT2D eigenvalue weighted by molar-refractivity contribution is 0.832. The van der Waals surface area contributed by atoms with E-state index in [-0.39, 0.29) is 0 Å². The summed E-state index contributed by atoms with van der Waals surface area (Å²) < 4.78 is 0. The minimum absolute atomic E-state index is 0.765. The Labute approximate surface area is 126 Å². The van der Waals surface area contributed by atoms with E-state index in [0.717, 1.165) is 30.3 Å². The SMILES string of the molecule is CCN(CCNc1cccc(Cl)c1)c1ccccc1C. The summed E-state index contributed by atoms with van der Waals surface area (Å²) in [6.07, 6.45) is 0. The van der Waals surface area contributed by atoms with Gasteiger partial charge in [-0.05, 0) is 43.7 Å². The highest BCUT2D eigenvalue weighted by molar-refractivity contribution is 6.30. The van der Waals surface area contributed by atoms with E-state index in [1.807, 2.05) is 24.3 Å². The van der Waals surface area contributed by atoms with Crippen molar-refractivity contribution in [1.82, 2.24) is 0 Å². The molecule has 0 aromatic heterocycles. The lowest BCUT2D eigenvalue weighted by Gasteiger charge is -2.25. The molecule has 1 N–H and O–H groups in total. The van der Waals surface area contributed by atoms with Crippen molar-refractivity contribution in [3.8, 4) is 0 Å². The summed E-state index contributed by atoms with van der Waals surface area (Å²) in [6, 6.07) is 16.3. The summed E-state index contributed by atoms with van der Waals surface area (Å²) >= 11 is 5.98. The predicted molar refractivity (Wildman–Crippen MR) is 89.0 cm³/mol. The summed E-state index contributed by atoms with van der Waals surface area (Å²) in [5, 5.41) is 4.18. The van der Waals surface area contributed by atoms with Crippen molar-refractivity contribution in [3.63, 3.8) is 0 Å². The Hall–Kier alpha value is -1.67. The van der Waals surface area contributed by atoms with Gasteiger partial charge in [0.2, 0.25) is 0 Å². The van der Waals surface area contributed by atoms with Crippen molar-refractivity contribution in [2.75, 3.05) is 29.9 Å². The zero-order chi connectivity index (χ0) is 14.4. The fraction of sp³-hybridized carbons (Fsp3) is 0.294. The quantitative estimate of drug-likeness (QED) is 0.836. The highest BCUT2D eigenvalue weighted by atomic mass is 35.5. The van der Waals surface area contributed by atoms with Crippen LogP contribution >= 0.6 is 11.6 Å². The molecule has 0 aliphatic heterocycles. The van der Waals surface area contributed by atoms with Crippen LogP contribution in [0.15, 0.2) is 48.5 Å². The second-order valence-corrected chi connectivity index (χ2v) is 5.24. The van der Waals surface area contributed by atoms with Crippen LogP contribution in [0.3, 0.4) is 0 Å². The largest absolute Gasteiger partial charge is 0.383 e. The number of halogens is 1. The van der Waals surface area contributed by atoms with E-state index < -0.39 is 0 Å². The number of anilines is 2. The number of rotatable bonds is 6. The Morgan fingerprint density at radius 2 is 1.90 bits per heavy atom. The molecule has 3 heteroatoms. The van der Waals surface area contributed by atoms with Crippen LogP contribution in [0.1, 0.15) is 12.5 Å². The molecule has 2 nitrogen and oxygen atoms in total. The van der Waals surface area contributed by atoms with E-state index in [1.165, 1.54) is 11.3 Å². The van der Waals surface area contributed by atoms with Gasteiger partial charge in [-0.25, -0.2) is 0 Å². The van der Waals surface area contributed by atoms with Gasteiger partial charge in [0.05, 0.1) is 0 Å². The van der Waals surface area contributed by atoms with Gasteiger partial charge in [0.25, 0.3) is 0 Å². The van der Waals surface area contributed by atoms with E-state index in [1.54, 1.807) is 0 Å². The third-order valence-corrected chi connectivity index (χ3v) is 3.61. The lowest BCUT2D eigenvalue weighted by Crippen LogP contribution is -2.29. The molecule has 0 unspecified atom stereocenters. The average Bonchev–Trinajstić information content (AvgIpc) is 2.45. The number of para-hydroxylation sites is 1. The molecule has 0 amide bonds. The Balaban J connectivity index is 1.93. The molecule has 0 spiro atoms. The smallest absolute Gasteiger partial charge is 0.0426 e. The van der Waals surface area contributed by atoms with Gasteiger partial charge in [0.1, 0.15) is 0 Å². The summed E-state index contributed by atoms with van der Waals surface area (Å²) in [6.45, 7) is 7.20. The number of aryl methyl sites for hydroxylation is 1. The molecular weight excluding hydrogens is 268 g/mol. The van der Waals surface area contributed by atoms with Crippen molar-refractivity contribution in [1.29, 1.82) is 0 Å². The van der Waals surface area contributed by atoms with Gasteiger partial charge in [0, 0.05) is 36.0 Å². The van der Waals surface area contributed by atoms with Crippen LogP contribution in [0.4, 0.5) is 11.4 Å². The zero-order valence-corrected chi connectivity index (χ0v) is 12.8. The number of benzene rings is 2. The molecule has 0 bridgehead atoms. The number of nitrogens with zero attached hydrogens (tertiary/aromatic N) is 1. The Morgan fingerprint density at radius 3 is 2.60 bits per heavy atom. The Bertz CT molecular complexity index is 554. The van der Waals surface area contributed by atoms with Gasteiger partial charge in [0.15, 0.2) is 0 Å². The van der Waals surface area contributed by atoms with Gasteiger partial charge < -0.3 is 10.2 Å². The van der Waals surface area contributed by atoms with Crippen LogP contribution in [0.2, 0.25) is 5.02 Å². The molecule has 0 fully saturated rings. The molecule has 20 heavy (non-hydrogen) atoms. The highest BCUT2D eigenvalue weighted by Crippen LogP contribution is 2.19. The van der Waals surface area contributed by atoms with Crippen molar-refractivity contribution in [3.05, 3.63) is 59.1 Å². The van der Waals surface area contributed by atoms with Gasteiger partial charge in [-0.3, -0.25) is 0 Å². The maximum atomic E-state index is 5.98. The predicted octanol–water partition coefficient (Wildman–Crippen LogP) is 4.59. The monoisotopic (exact) mass is 288 g/mol. The molecular formula is C17H21ClN2. The van der Waals surface area contributed by atoms with E-state index in [0.29, 0.717) is 0 Å². The molecule has 0 saturated carbocycles. The molecule has 106 valence electrons. The second kappa shape index (κ2) is 7.20. The third kappa shape index (κ3) is 3.91. The maximum Gasteiger partial charge on any atom is 0.0426 e. The van der Waals surface area contributed by atoms with Crippen molar-refractivity contribution < 1.29 is 0 Å². The molecule has 0 aliphatic carbocycles. The van der Waals surface area contributed by atoms with Gasteiger partial charge >= 0.3 is 0 Å². The minimum Gasteiger partial charge on any atom is -0.383 e. The Morgan fingerprint density at radius 1 is 1.10 bits per heavy atom. The van der Waals surface area contributed by atoms with E-state index in [4.69, 9.17) is 11.6 Å². The summed E-state index contributed by atoms with van der Waals surface area (Å²) in [4.78, 5) is 2.38. The van der Waals surface area contributed by atoms with Crippen molar-refractivity contribution in [2.24, 2.45) is 0 Å². The highest BCUT2D eigenvalue weighted by Gasteiger charge is 2.06. The first kappa shape index (κ1) is 14.7. The van der Waals surface area contributed by atoms with Crippen molar-refractivity contribution >= 4 is 23.0 Å². The van der Waals surface area contributed by atoms with E-state index in [2.05, 4.69) is 48.3 Å². The number of hydrogen-bond donors (Lipinski definition) is 1. The summed E-state index contributed by atoms with van der Waals surface area (Å²) in [5.41, 5.74) is 3.69. The standard InChI is InChI=1S/C17H21ClN2/c1-3-20(17-10-5-4-7-14(17)2)12-11-19-16-9-6-8-15(18)13-16/h4-10,13,19H,3,11-12H2,1-2H3.